The van der Waals surface area contributed by atoms with E-state index in [2.05, 4.69) is 12.6 Å². The minimum atomic E-state index is -0.359. The molecule has 0 aromatic rings. The molecule has 4 heteroatoms. The number of hydrogen-bond acceptors (Lipinski definition) is 3. The van der Waals surface area contributed by atoms with Crippen LogP contribution in [0.15, 0.2) is 0 Å². The molecule has 0 bridgehead atoms. The van der Waals surface area contributed by atoms with Gasteiger partial charge in [0.1, 0.15) is 0 Å². The van der Waals surface area contributed by atoms with Gasteiger partial charge in [-0.05, 0) is 19.3 Å². The number of aliphatic hydroxyl groups excluding tert-OH is 1. The van der Waals surface area contributed by atoms with Gasteiger partial charge in [-0.3, -0.25) is 4.79 Å². The summed E-state index contributed by atoms with van der Waals surface area (Å²) in [4.78, 5) is 13.3. The molecule has 3 nitrogen and oxygen atoms in total. The van der Waals surface area contributed by atoms with Crippen LogP contribution in [0.25, 0.3) is 0 Å². The Bertz CT molecular complexity index is 183. The van der Waals surface area contributed by atoms with Crippen LogP contribution in [0.5, 0.6) is 0 Å². The van der Waals surface area contributed by atoms with Gasteiger partial charge in [0.25, 0.3) is 0 Å². The quantitative estimate of drug-likeness (QED) is 0.682. The van der Waals surface area contributed by atoms with Crippen LogP contribution in [-0.4, -0.2) is 40.9 Å². The molecule has 2 atom stereocenters. The molecule has 1 amide bonds. The van der Waals surface area contributed by atoms with E-state index in [9.17, 15) is 4.79 Å². The van der Waals surface area contributed by atoms with Crippen LogP contribution in [0.4, 0.5) is 0 Å². The highest BCUT2D eigenvalue weighted by Gasteiger charge is 2.21. The van der Waals surface area contributed by atoms with E-state index in [-0.39, 0.29) is 23.2 Å². The third-order valence-corrected chi connectivity index (χ3v) is 2.96. The number of nitrogens with zero attached hydrogens (tertiary/aromatic N) is 1. The van der Waals surface area contributed by atoms with Crippen LogP contribution < -0.4 is 0 Å². The van der Waals surface area contributed by atoms with Crippen molar-refractivity contribution in [3.8, 4) is 0 Å². The van der Waals surface area contributed by atoms with Gasteiger partial charge < -0.3 is 10.0 Å². The lowest BCUT2D eigenvalue weighted by Crippen LogP contribution is -2.37. The lowest BCUT2D eigenvalue weighted by atomic mass is 10.1. The summed E-state index contributed by atoms with van der Waals surface area (Å²) in [5, 5.41) is 8.83. The Labute approximate surface area is 91.9 Å². The number of rotatable bonds is 5. The zero-order valence-corrected chi connectivity index (χ0v) is 10.3. The summed E-state index contributed by atoms with van der Waals surface area (Å²) in [6, 6.07) is 0. The van der Waals surface area contributed by atoms with Crippen molar-refractivity contribution >= 4 is 18.5 Å². The predicted octanol–water partition coefficient (Wildman–Crippen LogP) is 1.17. The minimum absolute atomic E-state index is 0.0315. The monoisotopic (exact) mass is 219 g/mol. The highest BCUT2D eigenvalue weighted by atomic mass is 32.1. The number of carbonyl (C=O) groups is 1. The SMILES string of the molecule is CC(O)CCN(C)C(=O)C(S)C(C)C. The lowest BCUT2D eigenvalue weighted by Gasteiger charge is -2.23. The van der Waals surface area contributed by atoms with Crippen molar-refractivity contribution in [2.24, 2.45) is 5.92 Å². The highest BCUT2D eigenvalue weighted by molar-refractivity contribution is 7.81. The van der Waals surface area contributed by atoms with Crippen LogP contribution in [0, 0.1) is 5.92 Å². The van der Waals surface area contributed by atoms with Gasteiger partial charge in [-0.2, -0.15) is 12.6 Å². The van der Waals surface area contributed by atoms with Crippen molar-refractivity contribution in [2.45, 2.75) is 38.5 Å². The maximum Gasteiger partial charge on any atom is 0.235 e. The second-order valence-electron chi connectivity index (χ2n) is 4.09. The molecule has 0 radical (unpaired) electrons. The third kappa shape index (κ3) is 4.86. The number of aliphatic hydroxyl groups is 1. The Morgan fingerprint density at radius 1 is 1.43 bits per heavy atom. The largest absolute Gasteiger partial charge is 0.393 e. The molecular weight excluding hydrogens is 198 g/mol. The standard InChI is InChI=1S/C10H21NO2S/c1-7(2)9(14)10(13)11(4)6-5-8(3)12/h7-9,12,14H,5-6H2,1-4H3. The van der Waals surface area contributed by atoms with Gasteiger partial charge >= 0.3 is 0 Å². The first kappa shape index (κ1) is 13.8. The molecule has 0 aromatic carbocycles. The Balaban J connectivity index is 3.99. The number of hydrogen-bond donors (Lipinski definition) is 2. The number of amides is 1. The first-order valence-corrected chi connectivity index (χ1v) is 5.49. The summed E-state index contributed by atoms with van der Waals surface area (Å²) >= 11 is 4.25. The number of carbonyl (C=O) groups excluding carboxylic acids is 1. The van der Waals surface area contributed by atoms with Crippen molar-refractivity contribution in [1.82, 2.24) is 4.90 Å². The molecule has 0 fully saturated rings. The molecule has 2 unspecified atom stereocenters. The Kier molecular flexibility index (Phi) is 6.20. The van der Waals surface area contributed by atoms with Crippen LogP contribution >= 0.6 is 12.6 Å². The molecule has 0 aromatic heterocycles. The van der Waals surface area contributed by atoms with Gasteiger partial charge in [0.15, 0.2) is 0 Å². The van der Waals surface area contributed by atoms with E-state index in [1.165, 1.54) is 0 Å². The zero-order valence-electron chi connectivity index (χ0n) is 9.40. The molecule has 0 aliphatic rings. The predicted molar refractivity (Wildman–Crippen MR) is 61.5 cm³/mol. The summed E-state index contributed by atoms with van der Waals surface area (Å²) < 4.78 is 0. The van der Waals surface area contributed by atoms with Gasteiger partial charge in [-0.25, -0.2) is 0 Å². The molecular formula is C10H21NO2S. The lowest BCUT2D eigenvalue weighted by molar-refractivity contribution is -0.130. The fraction of sp³-hybridized carbons (Fsp3) is 0.900. The normalized spacial score (nSPS) is 15.4. The van der Waals surface area contributed by atoms with Gasteiger partial charge in [0.05, 0.1) is 11.4 Å². The molecule has 0 heterocycles. The van der Waals surface area contributed by atoms with E-state index >= 15 is 0 Å². The minimum Gasteiger partial charge on any atom is -0.393 e. The van der Waals surface area contributed by atoms with Gasteiger partial charge in [0, 0.05) is 13.6 Å². The average Bonchev–Trinajstić information content (AvgIpc) is 2.11. The first-order chi connectivity index (χ1) is 6.36. The third-order valence-electron chi connectivity index (χ3n) is 2.14. The summed E-state index contributed by atoms with van der Waals surface area (Å²) in [6.07, 6.45) is 0.253. The molecule has 0 aliphatic carbocycles. The van der Waals surface area contributed by atoms with Crippen molar-refractivity contribution in [2.75, 3.05) is 13.6 Å². The zero-order chi connectivity index (χ0) is 11.3. The summed E-state index contributed by atoms with van der Waals surface area (Å²) in [5.41, 5.74) is 0. The van der Waals surface area contributed by atoms with Gasteiger partial charge in [0.2, 0.25) is 5.91 Å². The summed E-state index contributed by atoms with van der Waals surface area (Å²) in [6.45, 7) is 6.25. The molecule has 14 heavy (non-hydrogen) atoms. The van der Waals surface area contributed by atoms with E-state index < -0.39 is 0 Å². The molecule has 1 N–H and O–H groups in total. The van der Waals surface area contributed by atoms with Gasteiger partial charge in [-0.15, -0.1) is 0 Å². The first-order valence-electron chi connectivity index (χ1n) is 4.97. The molecule has 0 aliphatic heterocycles. The van der Waals surface area contributed by atoms with Crippen molar-refractivity contribution in [3.63, 3.8) is 0 Å². The van der Waals surface area contributed by atoms with E-state index in [1.807, 2.05) is 13.8 Å². The maximum atomic E-state index is 11.7. The van der Waals surface area contributed by atoms with E-state index in [1.54, 1.807) is 18.9 Å². The van der Waals surface area contributed by atoms with Crippen molar-refractivity contribution < 1.29 is 9.90 Å². The van der Waals surface area contributed by atoms with E-state index in [0.29, 0.717) is 13.0 Å². The maximum absolute atomic E-state index is 11.7. The molecule has 84 valence electrons. The Hall–Kier alpha value is -0.220. The van der Waals surface area contributed by atoms with Crippen molar-refractivity contribution in [1.29, 1.82) is 0 Å². The number of thiol groups is 1. The second kappa shape index (κ2) is 6.30. The van der Waals surface area contributed by atoms with E-state index in [0.717, 1.165) is 0 Å². The Morgan fingerprint density at radius 3 is 2.29 bits per heavy atom. The van der Waals surface area contributed by atoms with E-state index in [4.69, 9.17) is 5.11 Å². The molecule has 0 rings (SSSR count). The topological polar surface area (TPSA) is 40.5 Å². The van der Waals surface area contributed by atoms with Crippen LogP contribution in [0.1, 0.15) is 27.2 Å². The second-order valence-corrected chi connectivity index (χ2v) is 4.64. The summed E-state index contributed by atoms with van der Waals surface area (Å²) in [7, 11) is 1.75. The average molecular weight is 219 g/mol. The smallest absolute Gasteiger partial charge is 0.235 e. The van der Waals surface area contributed by atoms with Crippen LogP contribution in [-0.2, 0) is 4.79 Å². The fourth-order valence-corrected chi connectivity index (χ4v) is 1.20. The highest BCUT2D eigenvalue weighted by Crippen LogP contribution is 2.11. The van der Waals surface area contributed by atoms with Crippen molar-refractivity contribution in [3.05, 3.63) is 0 Å². The van der Waals surface area contributed by atoms with Crippen LogP contribution in [0.2, 0.25) is 0 Å². The Morgan fingerprint density at radius 2 is 1.93 bits per heavy atom. The van der Waals surface area contributed by atoms with Gasteiger partial charge in [-0.1, -0.05) is 13.8 Å². The molecule has 0 saturated heterocycles. The van der Waals surface area contributed by atoms with Crippen LogP contribution in [0.3, 0.4) is 0 Å². The molecule has 0 saturated carbocycles. The molecule has 0 spiro atoms. The summed E-state index contributed by atoms with van der Waals surface area (Å²) in [5.74, 6) is 0.267. The fourth-order valence-electron chi connectivity index (χ4n) is 1.00.